The Morgan fingerprint density at radius 2 is 0.750 bits per heavy atom. The number of ketones is 2. The molecule has 0 unspecified atom stereocenters. The van der Waals surface area contributed by atoms with Crippen LogP contribution in [0.25, 0.3) is 0 Å². The second-order valence-corrected chi connectivity index (χ2v) is 9.00. The lowest BCUT2D eigenvalue weighted by atomic mass is 9.54. The zero-order valence-electron chi connectivity index (χ0n) is 20.0. The number of Topliss-reactive ketones (excluding diaryl/α,β-unsaturated/α-hetero) is 2. The van der Waals surface area contributed by atoms with Crippen LogP contribution in [0.15, 0.2) is 120 Å². The van der Waals surface area contributed by atoms with Crippen molar-refractivity contribution in [3.63, 3.8) is 0 Å². The molecule has 0 amide bonds. The highest BCUT2D eigenvalue weighted by Gasteiger charge is 2.64. The van der Waals surface area contributed by atoms with Crippen LogP contribution in [0.5, 0.6) is 0 Å². The van der Waals surface area contributed by atoms with E-state index in [0.29, 0.717) is 22.3 Å². The summed E-state index contributed by atoms with van der Waals surface area (Å²) < 4.78 is 12.8. The lowest BCUT2D eigenvalue weighted by Crippen LogP contribution is -2.55. The maximum Gasteiger partial charge on any atom is 0.193 e. The first-order valence-corrected chi connectivity index (χ1v) is 11.9. The van der Waals surface area contributed by atoms with Gasteiger partial charge in [0.1, 0.15) is 11.2 Å². The van der Waals surface area contributed by atoms with Gasteiger partial charge in [-0.3, -0.25) is 9.59 Å². The predicted molar refractivity (Wildman–Crippen MR) is 137 cm³/mol. The molecule has 0 saturated heterocycles. The van der Waals surface area contributed by atoms with Crippen LogP contribution in [0.4, 0.5) is 0 Å². The van der Waals surface area contributed by atoms with Crippen LogP contribution in [0.1, 0.15) is 43.0 Å². The Morgan fingerprint density at radius 1 is 0.472 bits per heavy atom. The highest BCUT2D eigenvalue weighted by Crippen LogP contribution is 2.63. The van der Waals surface area contributed by atoms with Crippen LogP contribution in [0.2, 0.25) is 0 Å². The van der Waals surface area contributed by atoms with E-state index in [-0.39, 0.29) is 11.6 Å². The van der Waals surface area contributed by atoms with E-state index in [2.05, 4.69) is 0 Å². The highest BCUT2D eigenvalue weighted by atomic mass is 16.5. The van der Waals surface area contributed by atoms with E-state index in [1.165, 1.54) is 0 Å². The van der Waals surface area contributed by atoms with Gasteiger partial charge in [0, 0.05) is 25.3 Å². The summed E-state index contributed by atoms with van der Waals surface area (Å²) in [5.41, 5.74) is 2.21. The molecule has 4 aromatic rings. The number of ether oxygens (including phenoxy) is 2. The van der Waals surface area contributed by atoms with Crippen molar-refractivity contribution in [1.82, 2.24) is 0 Å². The summed E-state index contributed by atoms with van der Waals surface area (Å²) in [4.78, 5) is 28.9. The fourth-order valence-corrected chi connectivity index (χ4v) is 6.03. The number of hydrogen-bond acceptors (Lipinski definition) is 4. The summed E-state index contributed by atoms with van der Waals surface area (Å²) in [6, 6.07) is 33.6. The predicted octanol–water partition coefficient (Wildman–Crippen LogP) is 5.86. The number of hydrogen-bond donors (Lipinski definition) is 0. The number of carbonyl (C=O) groups excluding carboxylic acids is 2. The zero-order chi connectivity index (χ0) is 24.9. The number of methoxy groups -OCH3 is 2. The molecule has 3 aliphatic rings. The first-order valence-electron chi connectivity index (χ1n) is 11.9. The molecule has 36 heavy (non-hydrogen) atoms. The molecule has 176 valence electrons. The minimum atomic E-state index is -1.28. The summed E-state index contributed by atoms with van der Waals surface area (Å²) in [5.74, 6) is -0.524. The maximum atomic E-state index is 14.4. The Balaban J connectivity index is 1.81. The van der Waals surface area contributed by atoms with Crippen molar-refractivity contribution in [3.8, 4) is 0 Å². The summed E-state index contributed by atoms with van der Waals surface area (Å²) in [6.07, 6.45) is 0. The van der Waals surface area contributed by atoms with Gasteiger partial charge in [0.25, 0.3) is 0 Å². The Kier molecular flexibility index (Phi) is 5.11. The molecule has 0 aliphatic heterocycles. The van der Waals surface area contributed by atoms with Gasteiger partial charge in [0.05, 0.1) is 11.1 Å². The van der Waals surface area contributed by atoms with Crippen LogP contribution in [0, 0.1) is 0 Å². The number of carbonyl (C=O) groups is 2. The Bertz CT molecular complexity index is 1370. The van der Waals surface area contributed by atoms with E-state index >= 15 is 0 Å². The standard InChI is InChI=1S/C32H24O4/c1-35-31-23-17-9-11-19-25(23)32(36-2,26-20-12-10-18-24(26)31)28(30(34)22-15-7-4-8-16-22)27(31)29(33)21-13-5-3-6-14-21/h3-20H,1-2H3. The first kappa shape index (κ1) is 22.4. The topological polar surface area (TPSA) is 52.6 Å². The molecular formula is C32H24O4. The second kappa shape index (κ2) is 8.23. The average molecular weight is 473 g/mol. The van der Waals surface area contributed by atoms with Crippen LogP contribution >= 0.6 is 0 Å². The smallest absolute Gasteiger partial charge is 0.193 e. The second-order valence-electron chi connectivity index (χ2n) is 9.00. The van der Waals surface area contributed by atoms with Crippen molar-refractivity contribution in [2.75, 3.05) is 14.2 Å². The van der Waals surface area contributed by atoms with Gasteiger partial charge in [-0.25, -0.2) is 0 Å². The van der Waals surface area contributed by atoms with Crippen molar-refractivity contribution < 1.29 is 19.1 Å². The number of benzene rings is 4. The molecule has 4 aromatic carbocycles. The molecule has 0 saturated carbocycles. The molecule has 3 aliphatic carbocycles. The van der Waals surface area contributed by atoms with Crippen molar-refractivity contribution in [2.45, 2.75) is 11.2 Å². The molecule has 2 bridgehead atoms. The van der Waals surface area contributed by atoms with Crippen molar-refractivity contribution in [2.24, 2.45) is 0 Å². The van der Waals surface area contributed by atoms with E-state index in [1.807, 2.05) is 84.9 Å². The average Bonchev–Trinajstić information content (AvgIpc) is 2.96. The molecular weight excluding hydrogens is 448 g/mol. The third kappa shape index (κ3) is 2.71. The molecule has 7 rings (SSSR count). The van der Waals surface area contributed by atoms with Gasteiger partial charge in [-0.05, 0) is 22.3 Å². The zero-order valence-corrected chi connectivity index (χ0v) is 20.0. The summed E-state index contributed by atoms with van der Waals surface area (Å²) in [7, 11) is 3.20. The van der Waals surface area contributed by atoms with E-state index in [1.54, 1.807) is 38.5 Å². The highest BCUT2D eigenvalue weighted by molar-refractivity contribution is 6.22. The third-order valence-corrected chi connectivity index (χ3v) is 7.46. The summed E-state index contributed by atoms with van der Waals surface area (Å²) in [6.45, 7) is 0. The lowest BCUT2D eigenvalue weighted by Gasteiger charge is -2.54. The molecule has 0 spiro atoms. The first-order chi connectivity index (χ1) is 17.6. The summed E-state index contributed by atoms with van der Waals surface area (Å²) >= 11 is 0. The van der Waals surface area contributed by atoms with Gasteiger partial charge < -0.3 is 9.47 Å². The monoisotopic (exact) mass is 472 g/mol. The van der Waals surface area contributed by atoms with Gasteiger partial charge in [0.2, 0.25) is 0 Å². The van der Waals surface area contributed by atoms with Gasteiger partial charge in [-0.15, -0.1) is 0 Å². The fraction of sp³-hybridized carbons (Fsp3) is 0.125. The molecule has 0 atom stereocenters. The third-order valence-electron chi connectivity index (χ3n) is 7.46. The van der Waals surface area contributed by atoms with Gasteiger partial charge in [-0.1, -0.05) is 109 Å². The Morgan fingerprint density at radius 3 is 1.03 bits per heavy atom. The van der Waals surface area contributed by atoms with Gasteiger partial charge in [-0.2, -0.15) is 0 Å². The minimum absolute atomic E-state index is 0.262. The van der Waals surface area contributed by atoms with Crippen molar-refractivity contribution in [1.29, 1.82) is 0 Å². The van der Waals surface area contributed by atoms with E-state index < -0.39 is 11.2 Å². The Hall–Kier alpha value is -4.12. The van der Waals surface area contributed by atoms with Gasteiger partial charge in [0.15, 0.2) is 11.6 Å². The minimum Gasteiger partial charge on any atom is -0.364 e. The van der Waals surface area contributed by atoms with Crippen molar-refractivity contribution >= 4 is 11.6 Å². The van der Waals surface area contributed by atoms with E-state index in [4.69, 9.17) is 9.47 Å². The normalized spacial score (nSPS) is 21.6. The van der Waals surface area contributed by atoms with E-state index in [0.717, 1.165) is 22.3 Å². The van der Waals surface area contributed by atoms with Crippen LogP contribution < -0.4 is 0 Å². The maximum absolute atomic E-state index is 14.4. The quantitative estimate of drug-likeness (QED) is 0.330. The van der Waals surface area contributed by atoms with E-state index in [9.17, 15) is 9.59 Å². The number of rotatable bonds is 6. The van der Waals surface area contributed by atoms with Crippen LogP contribution in [-0.2, 0) is 20.7 Å². The SMILES string of the molecule is COC12C(C(=O)c3ccccc3)=C(C(=O)c3ccccc3)C(OC)(c3ccccc31)c1ccccc12. The molecule has 4 nitrogen and oxygen atoms in total. The van der Waals surface area contributed by atoms with Crippen LogP contribution in [0.3, 0.4) is 0 Å². The molecule has 0 N–H and O–H groups in total. The molecule has 0 radical (unpaired) electrons. The van der Waals surface area contributed by atoms with Gasteiger partial charge >= 0.3 is 0 Å². The van der Waals surface area contributed by atoms with Crippen molar-refractivity contribution in [3.05, 3.63) is 154 Å². The molecule has 0 fully saturated rings. The molecule has 0 aromatic heterocycles. The lowest BCUT2D eigenvalue weighted by molar-refractivity contribution is -0.00785. The molecule has 4 heteroatoms. The fourth-order valence-electron chi connectivity index (χ4n) is 6.03. The largest absolute Gasteiger partial charge is 0.364 e. The Labute approximate surface area is 209 Å². The molecule has 0 heterocycles. The summed E-state index contributed by atoms with van der Waals surface area (Å²) in [5, 5.41) is 0. The van der Waals surface area contributed by atoms with Crippen LogP contribution in [-0.4, -0.2) is 25.8 Å².